The van der Waals surface area contributed by atoms with Crippen LogP contribution < -0.4 is 9.62 Å². The van der Waals surface area contributed by atoms with Crippen molar-refractivity contribution < 1.29 is 22.4 Å². The lowest BCUT2D eigenvalue weighted by Crippen LogP contribution is -2.54. The number of nitrogens with zero attached hydrogens (tertiary/aromatic N) is 2. The van der Waals surface area contributed by atoms with Gasteiger partial charge in [0.15, 0.2) is 0 Å². The van der Waals surface area contributed by atoms with Crippen molar-refractivity contribution in [2.24, 2.45) is 0 Å². The van der Waals surface area contributed by atoms with Crippen LogP contribution in [0, 0.1) is 12.7 Å². The van der Waals surface area contributed by atoms with Crippen LogP contribution >= 0.6 is 23.2 Å². The standard InChI is InChI=1S/C29H32Cl2FN3O4S/c1-19-6-13-24(14-7-19)40(38,39)35(26-16-22(30)10-15-25(26)31)18-27(36)34(17-21-8-11-23(32)12-9-21)20(2)28(37)33-29(3,4)5/h6-16,20H,17-18H2,1-5H3,(H,33,37). The molecule has 0 saturated carbocycles. The second-order valence-corrected chi connectivity index (χ2v) is 13.2. The van der Waals surface area contributed by atoms with E-state index in [0.29, 0.717) is 5.56 Å². The van der Waals surface area contributed by atoms with E-state index in [4.69, 9.17) is 23.2 Å². The predicted octanol–water partition coefficient (Wildman–Crippen LogP) is 5.97. The van der Waals surface area contributed by atoms with Crippen LogP contribution in [0.4, 0.5) is 10.1 Å². The van der Waals surface area contributed by atoms with E-state index < -0.39 is 45.8 Å². The minimum absolute atomic E-state index is 0.0108. The number of nitrogens with one attached hydrogen (secondary N) is 1. The molecule has 2 amide bonds. The summed E-state index contributed by atoms with van der Waals surface area (Å²) in [6.07, 6.45) is 0. The van der Waals surface area contributed by atoms with Gasteiger partial charge in [0, 0.05) is 17.1 Å². The number of sulfonamides is 1. The highest BCUT2D eigenvalue weighted by Crippen LogP contribution is 2.33. The lowest BCUT2D eigenvalue weighted by molar-refractivity contribution is -0.140. The molecule has 1 N–H and O–H groups in total. The first-order valence-electron chi connectivity index (χ1n) is 12.5. The third-order valence-corrected chi connectivity index (χ3v) is 8.33. The van der Waals surface area contributed by atoms with Crippen molar-refractivity contribution in [2.45, 2.75) is 57.6 Å². The van der Waals surface area contributed by atoms with Crippen LogP contribution in [0.3, 0.4) is 0 Å². The van der Waals surface area contributed by atoms with E-state index in [2.05, 4.69) is 5.32 Å². The summed E-state index contributed by atoms with van der Waals surface area (Å²) in [5.41, 5.74) is 0.840. The normalized spacial score (nSPS) is 12.5. The lowest BCUT2D eigenvalue weighted by atomic mass is 10.1. The number of halogens is 3. The van der Waals surface area contributed by atoms with Gasteiger partial charge in [-0.25, -0.2) is 12.8 Å². The fourth-order valence-corrected chi connectivity index (χ4v) is 5.73. The summed E-state index contributed by atoms with van der Waals surface area (Å²) in [5.74, 6) is -1.56. The average Bonchev–Trinajstić information content (AvgIpc) is 2.87. The number of anilines is 1. The molecule has 0 fully saturated rings. The molecule has 1 atom stereocenters. The van der Waals surface area contributed by atoms with E-state index in [1.54, 1.807) is 39.8 Å². The van der Waals surface area contributed by atoms with Gasteiger partial charge in [-0.1, -0.05) is 53.0 Å². The van der Waals surface area contributed by atoms with Gasteiger partial charge in [0.1, 0.15) is 18.4 Å². The highest BCUT2D eigenvalue weighted by Gasteiger charge is 2.34. The Bertz CT molecular complexity index is 1470. The van der Waals surface area contributed by atoms with E-state index in [1.165, 1.54) is 59.5 Å². The zero-order chi connectivity index (χ0) is 29.8. The number of hydrogen-bond acceptors (Lipinski definition) is 4. The first-order valence-corrected chi connectivity index (χ1v) is 14.7. The Labute approximate surface area is 244 Å². The molecule has 40 heavy (non-hydrogen) atoms. The van der Waals surface area contributed by atoms with Gasteiger partial charge in [0.05, 0.1) is 15.6 Å². The number of amides is 2. The molecule has 0 radical (unpaired) electrons. The van der Waals surface area contributed by atoms with E-state index in [9.17, 15) is 22.4 Å². The van der Waals surface area contributed by atoms with Crippen molar-refractivity contribution in [3.63, 3.8) is 0 Å². The number of hydrogen-bond donors (Lipinski definition) is 1. The number of carbonyl (C=O) groups is 2. The zero-order valence-electron chi connectivity index (χ0n) is 22.9. The molecule has 0 aliphatic heterocycles. The number of carbonyl (C=O) groups excluding carboxylic acids is 2. The van der Waals surface area contributed by atoms with Crippen molar-refractivity contribution in [2.75, 3.05) is 10.8 Å². The molecule has 0 aliphatic carbocycles. The van der Waals surface area contributed by atoms with Gasteiger partial charge in [0.2, 0.25) is 11.8 Å². The van der Waals surface area contributed by atoms with Gasteiger partial charge in [-0.15, -0.1) is 0 Å². The fraction of sp³-hybridized carbons (Fsp3) is 0.310. The van der Waals surface area contributed by atoms with Crippen molar-refractivity contribution in [1.29, 1.82) is 0 Å². The molecule has 3 rings (SSSR count). The molecule has 0 bridgehead atoms. The van der Waals surface area contributed by atoms with E-state index in [1.807, 2.05) is 6.92 Å². The van der Waals surface area contributed by atoms with Gasteiger partial charge in [0.25, 0.3) is 10.0 Å². The van der Waals surface area contributed by atoms with Crippen LogP contribution in [0.2, 0.25) is 10.0 Å². The van der Waals surface area contributed by atoms with Crippen LogP contribution in [0.1, 0.15) is 38.8 Å². The average molecular weight is 609 g/mol. The Balaban J connectivity index is 2.08. The van der Waals surface area contributed by atoms with Gasteiger partial charge >= 0.3 is 0 Å². The molecule has 0 heterocycles. The molecule has 3 aromatic rings. The quantitative estimate of drug-likeness (QED) is 0.325. The first-order chi connectivity index (χ1) is 18.6. The molecule has 214 valence electrons. The van der Waals surface area contributed by atoms with E-state index >= 15 is 0 Å². The van der Waals surface area contributed by atoms with Crippen molar-refractivity contribution in [3.05, 3.63) is 93.7 Å². The molecule has 0 aliphatic rings. The van der Waals surface area contributed by atoms with Crippen LogP contribution in [-0.2, 0) is 26.2 Å². The molecule has 11 heteroatoms. The third-order valence-electron chi connectivity index (χ3n) is 6.00. The van der Waals surface area contributed by atoms with E-state index in [-0.39, 0.29) is 27.2 Å². The molecule has 0 saturated heterocycles. The summed E-state index contributed by atoms with van der Waals surface area (Å²) in [6, 6.07) is 15.0. The van der Waals surface area contributed by atoms with Gasteiger partial charge in [-0.2, -0.15) is 0 Å². The fourth-order valence-electron chi connectivity index (χ4n) is 3.87. The van der Waals surface area contributed by atoms with Crippen molar-refractivity contribution in [3.8, 4) is 0 Å². The van der Waals surface area contributed by atoms with Crippen LogP contribution in [0.15, 0.2) is 71.6 Å². The third kappa shape index (κ3) is 7.96. The Morgan fingerprint density at radius 1 is 0.975 bits per heavy atom. The van der Waals surface area contributed by atoms with Crippen LogP contribution in [0.5, 0.6) is 0 Å². The highest BCUT2D eigenvalue weighted by molar-refractivity contribution is 7.92. The summed E-state index contributed by atoms with van der Waals surface area (Å²) in [4.78, 5) is 28.3. The molecule has 7 nitrogen and oxygen atoms in total. The maximum atomic E-state index is 13.9. The van der Waals surface area contributed by atoms with Crippen molar-refractivity contribution in [1.82, 2.24) is 10.2 Å². The van der Waals surface area contributed by atoms with Gasteiger partial charge in [-0.05, 0) is 82.6 Å². The summed E-state index contributed by atoms with van der Waals surface area (Å²) >= 11 is 12.6. The Hall–Kier alpha value is -3.14. The maximum absolute atomic E-state index is 13.9. The first kappa shape index (κ1) is 31.4. The summed E-state index contributed by atoms with van der Waals surface area (Å²) < 4.78 is 42.2. The molecular weight excluding hydrogens is 576 g/mol. The lowest BCUT2D eigenvalue weighted by Gasteiger charge is -2.33. The van der Waals surface area contributed by atoms with Gasteiger partial charge < -0.3 is 10.2 Å². The number of benzene rings is 3. The van der Waals surface area contributed by atoms with Crippen molar-refractivity contribution >= 4 is 50.7 Å². The molecule has 0 spiro atoms. The van der Waals surface area contributed by atoms with Crippen LogP contribution in [0.25, 0.3) is 0 Å². The molecular formula is C29H32Cl2FN3O4S. The second kappa shape index (κ2) is 12.6. The highest BCUT2D eigenvalue weighted by atomic mass is 35.5. The minimum atomic E-state index is -4.30. The summed E-state index contributed by atoms with van der Waals surface area (Å²) in [5, 5.41) is 3.13. The Kier molecular flexibility index (Phi) is 9.87. The molecule has 3 aromatic carbocycles. The largest absolute Gasteiger partial charge is 0.350 e. The minimum Gasteiger partial charge on any atom is -0.350 e. The zero-order valence-corrected chi connectivity index (χ0v) is 25.2. The summed E-state index contributed by atoms with van der Waals surface area (Å²) in [7, 11) is -4.30. The Morgan fingerprint density at radius 3 is 2.15 bits per heavy atom. The molecule has 0 aromatic heterocycles. The smallest absolute Gasteiger partial charge is 0.264 e. The maximum Gasteiger partial charge on any atom is 0.264 e. The number of rotatable bonds is 9. The van der Waals surface area contributed by atoms with Crippen LogP contribution in [-0.4, -0.2) is 43.3 Å². The van der Waals surface area contributed by atoms with Gasteiger partial charge in [-0.3, -0.25) is 13.9 Å². The van der Waals surface area contributed by atoms with E-state index in [0.717, 1.165) is 9.87 Å². The monoisotopic (exact) mass is 607 g/mol. The molecule has 1 unspecified atom stereocenters. The summed E-state index contributed by atoms with van der Waals surface area (Å²) in [6.45, 7) is 8.04. The number of aryl methyl sites for hydroxylation is 1. The topological polar surface area (TPSA) is 86.8 Å². The predicted molar refractivity (Wildman–Crippen MR) is 156 cm³/mol. The Morgan fingerprint density at radius 2 is 1.57 bits per heavy atom. The second-order valence-electron chi connectivity index (χ2n) is 10.5. The SMILES string of the molecule is Cc1ccc(S(=O)(=O)N(CC(=O)N(Cc2ccc(F)cc2)C(C)C(=O)NC(C)(C)C)c2cc(Cl)ccc2Cl)cc1.